The molecule has 0 bridgehead atoms. The summed E-state index contributed by atoms with van der Waals surface area (Å²) in [5.41, 5.74) is 11.9. The Balaban J connectivity index is 0.000000151. The smallest absolute Gasteiger partial charge is 0.191 e. The molecular formula is C42H50N5O2+. The van der Waals surface area contributed by atoms with Crippen LogP contribution in [-0.2, 0) is 28.9 Å². The topological polar surface area (TPSA) is 60.3 Å². The quantitative estimate of drug-likeness (QED) is 0.344. The molecule has 254 valence electrons. The van der Waals surface area contributed by atoms with E-state index in [1.54, 1.807) is 0 Å². The standard InChI is InChI=1S/C23H22N2O.C11H18N2O.C8H9N/c26-23-19(15-24-13-11-17-5-1-3-7-21(17)24)9-10-20(23)16-25-14-12-18-6-2-4-8-22(18)25;1-12(2)7-9-5-6-10(11(9)14)8-13(3)4;1-2-4-8-7(3-1)5-6-9-8/h1-8,15-16H,9-14H2;7-8H,5-6H2,1-4H3;1-4,9H,5-6H2/p+1/b19-15+,20-16+;9-7+,10-8+;. The van der Waals surface area contributed by atoms with Crippen LogP contribution in [0.3, 0.4) is 0 Å². The maximum atomic E-state index is 12.9. The van der Waals surface area contributed by atoms with Crippen molar-refractivity contribution in [2.75, 3.05) is 58.0 Å². The van der Waals surface area contributed by atoms with Crippen LogP contribution >= 0.6 is 0 Å². The van der Waals surface area contributed by atoms with Crippen LogP contribution in [0.2, 0.25) is 0 Å². The first-order valence-corrected chi connectivity index (χ1v) is 17.6. The third-order valence-electron chi connectivity index (χ3n) is 9.66. The van der Waals surface area contributed by atoms with E-state index in [1.165, 1.54) is 45.1 Å². The van der Waals surface area contributed by atoms with Crippen molar-refractivity contribution in [2.45, 2.75) is 44.9 Å². The zero-order valence-electron chi connectivity index (χ0n) is 29.5. The largest absolute Gasteiger partial charge is 0.384 e. The van der Waals surface area contributed by atoms with Gasteiger partial charge in [0.2, 0.25) is 0 Å². The highest BCUT2D eigenvalue weighted by atomic mass is 16.1. The maximum absolute atomic E-state index is 12.9. The van der Waals surface area contributed by atoms with E-state index in [0.29, 0.717) is 0 Å². The lowest BCUT2D eigenvalue weighted by Gasteiger charge is -2.14. The Labute approximate surface area is 291 Å². The zero-order valence-corrected chi connectivity index (χ0v) is 29.5. The summed E-state index contributed by atoms with van der Waals surface area (Å²) in [6.07, 6.45) is 14.9. The molecule has 0 radical (unpaired) electrons. The number of hydrogen-bond donors (Lipinski definition) is 2. The van der Waals surface area contributed by atoms with Gasteiger partial charge in [-0.2, -0.15) is 0 Å². The van der Waals surface area contributed by atoms with E-state index >= 15 is 0 Å². The maximum Gasteiger partial charge on any atom is 0.191 e. The van der Waals surface area contributed by atoms with Crippen molar-refractivity contribution in [2.24, 2.45) is 0 Å². The van der Waals surface area contributed by atoms with Crippen LogP contribution in [0.1, 0.15) is 42.4 Å². The van der Waals surface area contributed by atoms with Crippen LogP contribution in [0.15, 0.2) is 120 Å². The van der Waals surface area contributed by atoms with Crippen LogP contribution in [0.4, 0.5) is 17.1 Å². The van der Waals surface area contributed by atoms with Crippen LogP contribution in [0.25, 0.3) is 0 Å². The summed E-state index contributed by atoms with van der Waals surface area (Å²) >= 11 is 0. The predicted molar refractivity (Wildman–Crippen MR) is 200 cm³/mol. The summed E-state index contributed by atoms with van der Waals surface area (Å²) in [4.78, 5) is 32.1. The molecule has 3 aromatic carbocycles. The van der Waals surface area contributed by atoms with Gasteiger partial charge in [0.1, 0.15) is 11.9 Å². The van der Waals surface area contributed by atoms with Gasteiger partial charge in [-0.25, -0.2) is 0 Å². The molecule has 3 heterocycles. The fraction of sp³-hybridized carbons (Fsp3) is 0.333. The summed E-state index contributed by atoms with van der Waals surface area (Å²) in [6, 6.07) is 25.5. The Morgan fingerprint density at radius 1 is 0.633 bits per heavy atom. The van der Waals surface area contributed by atoms with E-state index in [0.717, 1.165) is 80.5 Å². The summed E-state index contributed by atoms with van der Waals surface area (Å²) in [6.45, 7) is 3.13. The number of allylic oxidation sites excluding steroid dienone is 4. The highest BCUT2D eigenvalue weighted by Gasteiger charge is 2.30. The number of ketones is 2. The number of hydrogen-bond acceptors (Lipinski definition) is 6. The molecule has 5 aliphatic rings. The van der Waals surface area contributed by atoms with E-state index in [1.807, 2.05) is 50.4 Å². The van der Waals surface area contributed by atoms with Gasteiger partial charge in [0.05, 0.1) is 12.1 Å². The monoisotopic (exact) mass is 656 g/mol. The minimum Gasteiger partial charge on any atom is -0.384 e. The van der Waals surface area contributed by atoms with Gasteiger partial charge < -0.3 is 20.0 Å². The number of quaternary nitrogens is 1. The van der Waals surface area contributed by atoms with Crippen LogP contribution < -0.4 is 15.1 Å². The lowest BCUT2D eigenvalue weighted by Crippen LogP contribution is -3.01. The van der Waals surface area contributed by atoms with Gasteiger partial charge in [0, 0.05) is 100.0 Å². The molecule has 7 nitrogen and oxygen atoms in total. The molecule has 0 saturated heterocycles. The first-order chi connectivity index (χ1) is 23.8. The molecule has 2 saturated carbocycles. The van der Waals surface area contributed by atoms with Gasteiger partial charge in [0.25, 0.3) is 0 Å². The van der Waals surface area contributed by atoms with Crippen molar-refractivity contribution in [3.8, 4) is 0 Å². The Morgan fingerprint density at radius 2 is 1.22 bits per heavy atom. The molecule has 1 atom stereocenters. The van der Waals surface area contributed by atoms with Gasteiger partial charge in [-0.15, -0.1) is 0 Å². The molecule has 3 aliphatic heterocycles. The second-order valence-electron chi connectivity index (χ2n) is 13.8. The fourth-order valence-corrected chi connectivity index (χ4v) is 7.28. The van der Waals surface area contributed by atoms with Gasteiger partial charge in [-0.1, -0.05) is 54.6 Å². The third kappa shape index (κ3) is 8.23. The second kappa shape index (κ2) is 15.6. The van der Waals surface area contributed by atoms with Crippen LogP contribution in [-0.4, -0.2) is 69.2 Å². The first kappa shape index (κ1) is 34.0. The number of fused-ring (bicyclic) bond motifs is 3. The van der Waals surface area contributed by atoms with Crippen LogP contribution in [0.5, 0.6) is 0 Å². The fourth-order valence-electron chi connectivity index (χ4n) is 7.28. The molecule has 2 N–H and O–H groups in total. The Morgan fingerprint density at radius 3 is 1.94 bits per heavy atom. The summed E-state index contributed by atoms with van der Waals surface area (Å²) in [5, 5.41) is 3.30. The van der Waals surface area contributed by atoms with Crippen molar-refractivity contribution in [3.05, 3.63) is 137 Å². The van der Waals surface area contributed by atoms with Gasteiger partial charge in [0.15, 0.2) is 11.6 Å². The molecule has 49 heavy (non-hydrogen) atoms. The number of anilines is 2. The number of carbonyl (C=O) groups is 2. The van der Waals surface area contributed by atoms with Crippen molar-refractivity contribution < 1.29 is 14.5 Å². The first-order valence-electron chi connectivity index (χ1n) is 17.6. The number of benzene rings is 3. The van der Waals surface area contributed by atoms with E-state index in [2.05, 4.69) is 95.4 Å². The van der Waals surface area contributed by atoms with E-state index in [-0.39, 0.29) is 11.6 Å². The van der Waals surface area contributed by atoms with Crippen molar-refractivity contribution in [1.29, 1.82) is 0 Å². The highest BCUT2D eigenvalue weighted by molar-refractivity contribution is 6.11. The molecule has 2 aliphatic carbocycles. The average Bonchev–Trinajstić information content (AvgIpc) is 3.94. The van der Waals surface area contributed by atoms with Crippen molar-refractivity contribution in [1.82, 2.24) is 9.80 Å². The normalized spacial score (nSPS) is 22.0. The molecule has 1 unspecified atom stereocenters. The molecule has 8 rings (SSSR count). The summed E-state index contributed by atoms with van der Waals surface area (Å²) < 4.78 is 0. The molecule has 0 aromatic heterocycles. The Kier molecular flexibility index (Phi) is 10.8. The van der Waals surface area contributed by atoms with Crippen molar-refractivity contribution >= 4 is 28.6 Å². The van der Waals surface area contributed by atoms with E-state index in [4.69, 9.17) is 0 Å². The Hall–Kier alpha value is -4.88. The molecular weight excluding hydrogens is 606 g/mol. The van der Waals surface area contributed by atoms with Crippen LogP contribution in [0, 0.1) is 0 Å². The van der Waals surface area contributed by atoms with Gasteiger partial charge >= 0.3 is 0 Å². The number of nitrogens with zero attached hydrogens (tertiary/aromatic N) is 3. The highest BCUT2D eigenvalue weighted by Crippen LogP contribution is 2.32. The molecule has 0 spiro atoms. The SMILES string of the molecule is CN(C)/C=C1\CC/C(=C\N(C)C)C1=O.O=C1/C(=C/N2CCc3ccccc32)CC/C1=C\[NH+]1CCc2ccccc21.c1ccc2c(c1)CCN2. The minimum absolute atomic E-state index is 0.201. The molecule has 0 amide bonds. The molecule has 2 fully saturated rings. The molecule has 7 heteroatoms. The Bertz CT molecular complexity index is 1690. The van der Waals surface area contributed by atoms with E-state index in [9.17, 15) is 9.59 Å². The lowest BCUT2D eigenvalue weighted by atomic mass is 10.1. The minimum atomic E-state index is 0.201. The third-order valence-corrected chi connectivity index (χ3v) is 9.66. The summed E-state index contributed by atoms with van der Waals surface area (Å²) in [5.74, 6) is 0.443. The number of rotatable bonds is 4. The second-order valence-corrected chi connectivity index (χ2v) is 13.8. The number of nitrogens with one attached hydrogen (secondary N) is 2. The average molecular weight is 657 g/mol. The van der Waals surface area contributed by atoms with Gasteiger partial charge in [-0.05, 0) is 67.9 Å². The van der Waals surface area contributed by atoms with E-state index < -0.39 is 0 Å². The number of para-hydroxylation sites is 3. The summed E-state index contributed by atoms with van der Waals surface area (Å²) in [7, 11) is 7.75. The zero-order chi connectivity index (χ0) is 34.3. The lowest BCUT2D eigenvalue weighted by molar-refractivity contribution is -0.768. The van der Waals surface area contributed by atoms with Crippen molar-refractivity contribution in [3.63, 3.8) is 0 Å². The number of carbonyl (C=O) groups excluding carboxylic acids is 2. The van der Waals surface area contributed by atoms with Gasteiger partial charge in [-0.3, -0.25) is 14.5 Å². The molecule has 3 aromatic rings. The predicted octanol–water partition coefficient (Wildman–Crippen LogP) is 5.85. The number of Topliss-reactive ketones (excluding diaryl/α,β-unsaturated/α-hetero) is 2.